The highest BCUT2D eigenvalue weighted by atomic mass is 35.5. The van der Waals surface area contributed by atoms with Crippen molar-refractivity contribution in [2.75, 3.05) is 23.5 Å². The number of carbonyl (C=O) groups excluding carboxylic acids is 1. The molecular formula is C10H15ClN4O2S. The van der Waals surface area contributed by atoms with E-state index in [0.29, 0.717) is 29.4 Å². The second-order valence-corrected chi connectivity index (χ2v) is 5.66. The number of nitrogens with two attached hydrogens (primary N) is 1. The maximum Gasteiger partial charge on any atom is 0.252 e. The van der Waals surface area contributed by atoms with Gasteiger partial charge in [-0.1, -0.05) is 18.5 Å². The highest BCUT2D eigenvalue weighted by molar-refractivity contribution is 7.84. The van der Waals surface area contributed by atoms with Crippen LogP contribution < -0.4 is 16.6 Å². The lowest BCUT2D eigenvalue weighted by molar-refractivity contribution is 0.0956. The Labute approximate surface area is 113 Å². The van der Waals surface area contributed by atoms with Crippen molar-refractivity contribution in [2.24, 2.45) is 5.84 Å². The average molecular weight is 291 g/mol. The van der Waals surface area contributed by atoms with Gasteiger partial charge in [0.05, 0.1) is 10.6 Å². The third kappa shape index (κ3) is 4.25. The molecule has 8 heteroatoms. The molecule has 4 N–H and O–H groups in total. The van der Waals surface area contributed by atoms with Crippen LogP contribution in [0.25, 0.3) is 0 Å². The van der Waals surface area contributed by atoms with Gasteiger partial charge < -0.3 is 10.7 Å². The predicted octanol–water partition coefficient (Wildman–Crippen LogP) is 0.519. The van der Waals surface area contributed by atoms with Crippen LogP contribution in [0, 0.1) is 0 Å². The highest BCUT2D eigenvalue weighted by Crippen LogP contribution is 2.18. The molecule has 0 fully saturated rings. The van der Waals surface area contributed by atoms with Gasteiger partial charge in [0.2, 0.25) is 0 Å². The number of hydrogen-bond donors (Lipinski definition) is 3. The molecule has 18 heavy (non-hydrogen) atoms. The van der Waals surface area contributed by atoms with Crippen molar-refractivity contribution in [1.29, 1.82) is 0 Å². The zero-order valence-corrected chi connectivity index (χ0v) is 11.5. The molecule has 1 aromatic rings. The standard InChI is InChI=1S/C10H15ClN4O2S/c1-2-18(17)4-3-13-10(16)7-5-8(11)9(15-12)14-6-7/h5-6H,2-4,12H2,1H3,(H,13,16)(H,14,15). The van der Waals surface area contributed by atoms with Crippen LogP contribution in [0.2, 0.25) is 5.02 Å². The van der Waals surface area contributed by atoms with Crippen LogP contribution >= 0.6 is 11.6 Å². The minimum absolute atomic E-state index is 0.266. The first-order valence-electron chi connectivity index (χ1n) is 5.33. The number of hydrogen-bond acceptors (Lipinski definition) is 5. The normalized spacial score (nSPS) is 11.9. The molecule has 6 nitrogen and oxygen atoms in total. The van der Waals surface area contributed by atoms with Gasteiger partial charge in [-0.25, -0.2) is 10.8 Å². The van der Waals surface area contributed by atoms with Gasteiger partial charge in [-0.15, -0.1) is 0 Å². The summed E-state index contributed by atoms with van der Waals surface area (Å²) in [7, 11) is -0.892. The van der Waals surface area contributed by atoms with Crippen molar-refractivity contribution < 1.29 is 9.00 Å². The fourth-order valence-electron chi connectivity index (χ4n) is 1.19. The molecule has 0 aliphatic heterocycles. The van der Waals surface area contributed by atoms with E-state index in [-0.39, 0.29) is 10.9 Å². The zero-order chi connectivity index (χ0) is 13.5. The molecule has 1 amide bonds. The number of nitrogens with zero attached hydrogens (tertiary/aromatic N) is 1. The second-order valence-electron chi connectivity index (χ2n) is 3.39. The largest absolute Gasteiger partial charge is 0.351 e. The number of aromatic nitrogens is 1. The summed E-state index contributed by atoms with van der Waals surface area (Å²) in [6.45, 7) is 2.19. The highest BCUT2D eigenvalue weighted by Gasteiger charge is 2.09. The first-order chi connectivity index (χ1) is 8.58. The minimum atomic E-state index is -0.892. The Kier molecular flexibility index (Phi) is 6.03. The molecule has 1 rings (SSSR count). The number of pyridine rings is 1. The SMILES string of the molecule is CCS(=O)CCNC(=O)c1cnc(NN)c(Cl)c1. The van der Waals surface area contributed by atoms with Crippen molar-refractivity contribution in [2.45, 2.75) is 6.92 Å². The Balaban J connectivity index is 2.56. The minimum Gasteiger partial charge on any atom is -0.351 e. The van der Waals surface area contributed by atoms with E-state index < -0.39 is 10.8 Å². The third-order valence-electron chi connectivity index (χ3n) is 2.18. The van der Waals surface area contributed by atoms with Gasteiger partial charge in [0.25, 0.3) is 5.91 Å². The summed E-state index contributed by atoms with van der Waals surface area (Å²) >= 11 is 5.85. The number of nitrogens with one attached hydrogen (secondary N) is 2. The van der Waals surface area contributed by atoms with Crippen molar-refractivity contribution in [3.05, 3.63) is 22.8 Å². The summed E-state index contributed by atoms with van der Waals surface area (Å²) < 4.78 is 11.2. The molecule has 0 bridgehead atoms. The van der Waals surface area contributed by atoms with Crippen LogP contribution in [0.5, 0.6) is 0 Å². The Morgan fingerprint density at radius 3 is 2.89 bits per heavy atom. The molecule has 0 aliphatic carbocycles. The summed E-state index contributed by atoms with van der Waals surface area (Å²) in [5, 5.41) is 2.91. The van der Waals surface area contributed by atoms with Gasteiger partial charge in [-0.05, 0) is 6.07 Å². The summed E-state index contributed by atoms with van der Waals surface area (Å²) in [6, 6.07) is 1.47. The summed E-state index contributed by atoms with van der Waals surface area (Å²) in [6.07, 6.45) is 1.37. The first kappa shape index (κ1) is 14.9. The van der Waals surface area contributed by atoms with Gasteiger partial charge in [-0.3, -0.25) is 9.00 Å². The lowest BCUT2D eigenvalue weighted by Gasteiger charge is -2.06. The van der Waals surface area contributed by atoms with Crippen molar-refractivity contribution >= 4 is 34.1 Å². The molecule has 0 saturated heterocycles. The lowest BCUT2D eigenvalue weighted by Crippen LogP contribution is -2.28. The van der Waals surface area contributed by atoms with Crippen LogP contribution in [0.4, 0.5) is 5.82 Å². The molecule has 0 radical (unpaired) electrons. The van der Waals surface area contributed by atoms with E-state index >= 15 is 0 Å². The molecule has 0 aliphatic rings. The fourth-order valence-corrected chi connectivity index (χ4v) is 2.03. The quantitative estimate of drug-likeness (QED) is 0.524. The van der Waals surface area contributed by atoms with E-state index in [1.165, 1.54) is 12.3 Å². The first-order valence-corrected chi connectivity index (χ1v) is 7.20. The third-order valence-corrected chi connectivity index (χ3v) is 3.77. The number of amides is 1. The Hall–Kier alpha value is -1.18. The number of anilines is 1. The summed E-state index contributed by atoms with van der Waals surface area (Å²) in [4.78, 5) is 15.6. The van der Waals surface area contributed by atoms with Gasteiger partial charge in [0, 0.05) is 35.0 Å². The number of rotatable bonds is 6. The van der Waals surface area contributed by atoms with Gasteiger partial charge >= 0.3 is 0 Å². The van der Waals surface area contributed by atoms with Gasteiger partial charge in [-0.2, -0.15) is 0 Å². The average Bonchev–Trinajstić information content (AvgIpc) is 2.38. The predicted molar refractivity (Wildman–Crippen MR) is 72.9 cm³/mol. The van der Waals surface area contributed by atoms with Crippen molar-refractivity contribution in [1.82, 2.24) is 10.3 Å². The van der Waals surface area contributed by atoms with E-state index in [4.69, 9.17) is 17.4 Å². The maximum atomic E-state index is 11.7. The number of hydrazine groups is 1. The van der Waals surface area contributed by atoms with Crippen LogP contribution in [-0.2, 0) is 10.8 Å². The Morgan fingerprint density at radius 1 is 1.61 bits per heavy atom. The lowest BCUT2D eigenvalue weighted by atomic mass is 10.2. The topological polar surface area (TPSA) is 97.1 Å². The van der Waals surface area contributed by atoms with Crippen LogP contribution in [0.15, 0.2) is 12.3 Å². The number of nitrogen functional groups attached to an aromatic ring is 1. The molecular weight excluding hydrogens is 276 g/mol. The molecule has 0 aromatic carbocycles. The van der Waals surface area contributed by atoms with Crippen molar-refractivity contribution in [3.8, 4) is 0 Å². The van der Waals surface area contributed by atoms with Crippen LogP contribution in [-0.4, -0.2) is 33.2 Å². The molecule has 1 heterocycles. The maximum absolute atomic E-state index is 11.7. The van der Waals surface area contributed by atoms with E-state index in [1.54, 1.807) is 0 Å². The van der Waals surface area contributed by atoms with E-state index in [0.717, 1.165) is 0 Å². The van der Waals surface area contributed by atoms with E-state index in [1.807, 2.05) is 6.92 Å². The summed E-state index contributed by atoms with van der Waals surface area (Å²) in [5.41, 5.74) is 2.65. The van der Waals surface area contributed by atoms with Crippen molar-refractivity contribution in [3.63, 3.8) is 0 Å². The molecule has 100 valence electrons. The smallest absolute Gasteiger partial charge is 0.252 e. The monoisotopic (exact) mass is 290 g/mol. The zero-order valence-electron chi connectivity index (χ0n) is 9.90. The molecule has 1 atom stereocenters. The Bertz CT molecular complexity index is 456. The van der Waals surface area contributed by atoms with Crippen LogP contribution in [0.1, 0.15) is 17.3 Å². The molecule has 0 saturated carbocycles. The number of carbonyl (C=O) groups is 1. The number of halogens is 1. The van der Waals surface area contributed by atoms with Gasteiger partial charge in [0.15, 0.2) is 5.82 Å². The molecule has 1 aromatic heterocycles. The molecule has 0 spiro atoms. The van der Waals surface area contributed by atoms with E-state index in [2.05, 4.69) is 15.7 Å². The van der Waals surface area contributed by atoms with E-state index in [9.17, 15) is 9.00 Å². The Morgan fingerprint density at radius 2 is 2.33 bits per heavy atom. The fraction of sp³-hybridized carbons (Fsp3) is 0.400. The molecule has 1 unspecified atom stereocenters. The van der Waals surface area contributed by atoms with Crippen LogP contribution in [0.3, 0.4) is 0 Å². The summed E-state index contributed by atoms with van der Waals surface area (Å²) in [5.74, 6) is 6.20. The second kappa shape index (κ2) is 7.30. The van der Waals surface area contributed by atoms with Gasteiger partial charge in [0.1, 0.15) is 0 Å².